The molecule has 0 aromatic heterocycles. The fourth-order valence-electron chi connectivity index (χ4n) is 5.71. The number of amides is 1. The summed E-state index contributed by atoms with van der Waals surface area (Å²) in [5.74, 6) is 0.801. The molecule has 2 aromatic carbocycles. The number of benzene rings is 2. The molecule has 1 fully saturated rings. The Morgan fingerprint density at radius 2 is 1.77 bits per heavy atom. The molecule has 0 N–H and O–H groups in total. The number of para-hydroxylation sites is 1. The fraction of sp³-hybridized carbons (Fsp3) is 0.567. The average Bonchev–Trinajstić information content (AvgIpc) is 2.87. The average molecular weight is 481 g/mol. The van der Waals surface area contributed by atoms with E-state index in [0.29, 0.717) is 12.2 Å². The molecule has 2 aliphatic rings. The van der Waals surface area contributed by atoms with Gasteiger partial charge >= 0.3 is 0 Å². The van der Waals surface area contributed by atoms with Gasteiger partial charge in [0.1, 0.15) is 18.2 Å². The summed E-state index contributed by atoms with van der Waals surface area (Å²) in [5.41, 5.74) is 2.05. The Labute approximate surface area is 210 Å². The number of likely N-dealkylation sites (tertiary alicyclic amines) is 1. The van der Waals surface area contributed by atoms with Crippen molar-refractivity contribution in [1.29, 1.82) is 0 Å². The summed E-state index contributed by atoms with van der Waals surface area (Å²) >= 11 is 0. The highest BCUT2D eigenvalue weighted by molar-refractivity contribution is 5.79. The first kappa shape index (κ1) is 25.7. The van der Waals surface area contributed by atoms with Crippen molar-refractivity contribution in [2.75, 3.05) is 39.3 Å². The zero-order chi connectivity index (χ0) is 24.5. The first-order valence-corrected chi connectivity index (χ1v) is 13.5. The Morgan fingerprint density at radius 1 is 1.00 bits per heavy atom. The zero-order valence-corrected chi connectivity index (χ0v) is 21.3. The van der Waals surface area contributed by atoms with Crippen LogP contribution in [0.2, 0.25) is 0 Å². The van der Waals surface area contributed by atoms with Gasteiger partial charge in [-0.05, 0) is 73.7 Å². The molecule has 0 radical (unpaired) electrons. The molecule has 5 heteroatoms. The maximum Gasteiger partial charge on any atom is 0.227 e. The third kappa shape index (κ3) is 7.07. The molecule has 0 saturated carbocycles. The summed E-state index contributed by atoms with van der Waals surface area (Å²) in [7, 11) is 0. The van der Waals surface area contributed by atoms with Crippen molar-refractivity contribution in [1.82, 2.24) is 9.80 Å². The Kier molecular flexibility index (Phi) is 9.19. The molecule has 4 rings (SSSR count). The molecular formula is C30H41FN2O2. The first-order chi connectivity index (χ1) is 17.1. The predicted molar refractivity (Wildman–Crippen MR) is 139 cm³/mol. The van der Waals surface area contributed by atoms with Gasteiger partial charge in [-0.1, -0.05) is 56.2 Å². The molecule has 0 bridgehead atoms. The molecular weight excluding hydrogens is 439 g/mol. The maximum absolute atomic E-state index is 14.1. The van der Waals surface area contributed by atoms with Crippen LogP contribution in [-0.4, -0.2) is 55.0 Å². The smallest absolute Gasteiger partial charge is 0.227 e. The summed E-state index contributed by atoms with van der Waals surface area (Å²) in [6, 6.07) is 15.1. The topological polar surface area (TPSA) is 32.8 Å². The van der Waals surface area contributed by atoms with Gasteiger partial charge < -0.3 is 9.64 Å². The Morgan fingerprint density at radius 3 is 2.57 bits per heavy atom. The zero-order valence-electron chi connectivity index (χ0n) is 21.3. The number of hydrogen-bond donors (Lipinski definition) is 0. The van der Waals surface area contributed by atoms with Crippen LogP contribution in [0.3, 0.4) is 0 Å². The van der Waals surface area contributed by atoms with Crippen LogP contribution in [-0.2, 0) is 17.6 Å². The van der Waals surface area contributed by atoms with E-state index in [9.17, 15) is 9.18 Å². The molecule has 2 heterocycles. The molecule has 2 aliphatic heterocycles. The number of halogens is 1. The van der Waals surface area contributed by atoms with Gasteiger partial charge in [-0.15, -0.1) is 0 Å². The number of piperidine rings is 1. The Balaban J connectivity index is 1.42. The highest BCUT2D eigenvalue weighted by Gasteiger charge is 2.37. The van der Waals surface area contributed by atoms with Gasteiger partial charge in [0.05, 0.1) is 6.42 Å². The van der Waals surface area contributed by atoms with Crippen molar-refractivity contribution in [2.24, 2.45) is 5.41 Å². The molecule has 0 atom stereocenters. The molecule has 1 amide bonds. The van der Waals surface area contributed by atoms with E-state index in [1.165, 1.54) is 37.3 Å². The van der Waals surface area contributed by atoms with E-state index in [4.69, 9.17) is 4.74 Å². The van der Waals surface area contributed by atoms with Crippen LogP contribution < -0.4 is 4.74 Å². The van der Waals surface area contributed by atoms with Crippen LogP contribution in [0.5, 0.6) is 5.75 Å². The number of rotatable bonds is 5. The Hall–Kier alpha value is -2.40. The largest absolute Gasteiger partial charge is 0.492 e. The van der Waals surface area contributed by atoms with Gasteiger partial charge in [-0.25, -0.2) is 4.39 Å². The second-order valence-electron chi connectivity index (χ2n) is 10.4. The van der Waals surface area contributed by atoms with E-state index >= 15 is 0 Å². The quantitative estimate of drug-likeness (QED) is 0.535. The number of carbonyl (C=O) groups excluding carboxylic acids is 1. The normalized spacial score (nSPS) is 19.3. The predicted octanol–water partition coefficient (Wildman–Crippen LogP) is 5.88. The van der Waals surface area contributed by atoms with Crippen molar-refractivity contribution in [2.45, 2.75) is 64.7 Å². The van der Waals surface area contributed by atoms with Crippen LogP contribution in [0.15, 0.2) is 48.5 Å². The third-order valence-electron chi connectivity index (χ3n) is 7.90. The highest BCUT2D eigenvalue weighted by Crippen LogP contribution is 2.38. The second kappa shape index (κ2) is 12.5. The lowest BCUT2D eigenvalue weighted by molar-refractivity contribution is -0.133. The van der Waals surface area contributed by atoms with Gasteiger partial charge in [0.25, 0.3) is 0 Å². The van der Waals surface area contributed by atoms with Gasteiger partial charge in [0, 0.05) is 26.2 Å². The summed E-state index contributed by atoms with van der Waals surface area (Å²) in [6.07, 6.45) is 9.19. The van der Waals surface area contributed by atoms with Crippen LogP contribution in [0.25, 0.3) is 0 Å². The maximum atomic E-state index is 14.1. The lowest BCUT2D eigenvalue weighted by Gasteiger charge is -2.45. The fourth-order valence-corrected chi connectivity index (χ4v) is 5.71. The summed E-state index contributed by atoms with van der Waals surface area (Å²) in [4.78, 5) is 17.5. The molecule has 35 heavy (non-hydrogen) atoms. The number of hydrogen-bond acceptors (Lipinski definition) is 3. The van der Waals surface area contributed by atoms with Crippen LogP contribution in [0.4, 0.5) is 4.39 Å². The lowest BCUT2D eigenvalue weighted by atomic mass is 9.73. The molecule has 1 saturated heterocycles. The van der Waals surface area contributed by atoms with Crippen LogP contribution in [0.1, 0.15) is 63.0 Å². The number of carbonyl (C=O) groups is 1. The first-order valence-electron chi connectivity index (χ1n) is 13.5. The van der Waals surface area contributed by atoms with E-state index in [0.717, 1.165) is 64.2 Å². The van der Waals surface area contributed by atoms with Gasteiger partial charge in [0.15, 0.2) is 0 Å². The number of unbranched alkanes of at least 4 members (excludes halogenated alkanes) is 1. The SMILES string of the molecule is CCCCN1CCOc2ccccc2CCCCC2(CCN(C(=O)Cc3ccccc3F)CC2)C1. The number of aryl methyl sites for hydroxylation is 1. The monoisotopic (exact) mass is 480 g/mol. The van der Waals surface area contributed by atoms with Crippen molar-refractivity contribution >= 4 is 5.91 Å². The number of ether oxygens (including phenoxy) is 1. The molecule has 0 aliphatic carbocycles. The van der Waals surface area contributed by atoms with Crippen LogP contribution in [0, 0.1) is 11.2 Å². The van der Waals surface area contributed by atoms with Crippen molar-refractivity contribution < 1.29 is 13.9 Å². The molecule has 4 nitrogen and oxygen atoms in total. The molecule has 1 spiro atoms. The minimum atomic E-state index is -0.288. The van der Waals surface area contributed by atoms with Crippen molar-refractivity contribution in [3.63, 3.8) is 0 Å². The van der Waals surface area contributed by atoms with Gasteiger partial charge in [-0.2, -0.15) is 0 Å². The van der Waals surface area contributed by atoms with Crippen molar-refractivity contribution in [3.05, 3.63) is 65.5 Å². The second-order valence-corrected chi connectivity index (χ2v) is 10.4. The van der Waals surface area contributed by atoms with Crippen molar-refractivity contribution in [3.8, 4) is 5.75 Å². The highest BCUT2D eigenvalue weighted by atomic mass is 19.1. The number of fused-ring (bicyclic) bond motifs is 1. The summed E-state index contributed by atoms with van der Waals surface area (Å²) in [5, 5.41) is 0. The van der Waals surface area contributed by atoms with E-state index in [1.807, 2.05) is 4.90 Å². The van der Waals surface area contributed by atoms with E-state index in [-0.39, 0.29) is 23.6 Å². The molecule has 0 unspecified atom stereocenters. The minimum Gasteiger partial charge on any atom is -0.492 e. The minimum absolute atomic E-state index is 0.0472. The van der Waals surface area contributed by atoms with E-state index in [2.05, 4.69) is 36.1 Å². The third-order valence-corrected chi connectivity index (χ3v) is 7.90. The molecule has 2 aromatic rings. The van der Waals surface area contributed by atoms with Gasteiger partial charge in [0.2, 0.25) is 5.91 Å². The summed E-state index contributed by atoms with van der Waals surface area (Å²) in [6.45, 7) is 7.61. The van der Waals surface area contributed by atoms with Crippen LogP contribution >= 0.6 is 0 Å². The number of nitrogens with zero attached hydrogens (tertiary/aromatic N) is 2. The summed E-state index contributed by atoms with van der Waals surface area (Å²) < 4.78 is 20.3. The van der Waals surface area contributed by atoms with E-state index in [1.54, 1.807) is 18.2 Å². The standard InChI is InChI=1S/C30H41FN2O2/c1-2-3-18-32-21-22-35-28-14-7-5-10-25(28)11-8-9-15-30(24-32)16-19-33(20-17-30)29(34)23-26-12-4-6-13-27(26)31/h4-7,10,12-14H,2-3,8-9,11,15-24H2,1H3. The van der Waals surface area contributed by atoms with Gasteiger partial charge in [-0.3, -0.25) is 9.69 Å². The van der Waals surface area contributed by atoms with E-state index < -0.39 is 0 Å². The Bertz CT molecular complexity index is 955. The lowest BCUT2D eigenvalue weighted by Crippen LogP contribution is -2.49. The molecule has 190 valence electrons.